The molecule has 7 nitrogen and oxygen atoms in total. The van der Waals surface area contributed by atoms with Crippen LogP contribution in [0.1, 0.15) is 63.0 Å². The molecule has 0 radical (unpaired) electrons. The summed E-state index contributed by atoms with van der Waals surface area (Å²) in [5.74, 6) is 0.868. The number of ether oxygens (including phenoxy) is 4. The summed E-state index contributed by atoms with van der Waals surface area (Å²) in [6.45, 7) is 8.32. The number of methoxy groups -OCH3 is 2. The Bertz CT molecular complexity index is 1170. The van der Waals surface area contributed by atoms with Crippen LogP contribution >= 0.6 is 11.6 Å². The Hall–Kier alpha value is -3.13. The van der Waals surface area contributed by atoms with Crippen LogP contribution in [0.4, 0.5) is 0 Å². The summed E-state index contributed by atoms with van der Waals surface area (Å²) in [4.78, 5) is 20.1. The van der Waals surface area contributed by atoms with Gasteiger partial charge in [0.25, 0.3) is 0 Å². The number of pyridine rings is 1. The normalized spacial score (nSPS) is 13.2. The van der Waals surface area contributed by atoms with Gasteiger partial charge in [-0.3, -0.25) is 9.69 Å². The smallest absolute Gasteiger partial charge is 0.308 e. The Kier molecular flexibility index (Phi) is 10.5. The molecule has 38 heavy (non-hydrogen) atoms. The maximum atomic E-state index is 13.2. The van der Waals surface area contributed by atoms with Crippen molar-refractivity contribution in [3.05, 3.63) is 88.7 Å². The standard InChI is InChI=1S/C30H37ClN2O5/c1-21(23-12-14-24(36-6)15-13-23)33(19-22-10-8-7-9-11-22)26(18-28(34)38-30(2,3)4)25-16-17-27(29(31)32-25)37-20-35-5/h7-17,21,26H,18-20H2,1-6H3/t21-,26+/m0/s1. The largest absolute Gasteiger partial charge is 0.497 e. The second-order valence-corrected chi connectivity index (χ2v) is 10.3. The maximum Gasteiger partial charge on any atom is 0.308 e. The Morgan fingerprint density at radius 2 is 1.68 bits per heavy atom. The topological polar surface area (TPSA) is 70.1 Å². The van der Waals surface area contributed by atoms with Crippen molar-refractivity contribution in [2.24, 2.45) is 0 Å². The van der Waals surface area contributed by atoms with E-state index in [0.29, 0.717) is 18.0 Å². The molecule has 0 fully saturated rings. The lowest BCUT2D eigenvalue weighted by molar-refractivity contribution is -0.156. The highest BCUT2D eigenvalue weighted by Crippen LogP contribution is 2.36. The highest BCUT2D eigenvalue weighted by atomic mass is 35.5. The molecular formula is C30H37ClN2O5. The van der Waals surface area contributed by atoms with Gasteiger partial charge in [0.15, 0.2) is 17.7 Å². The van der Waals surface area contributed by atoms with Gasteiger partial charge in [-0.25, -0.2) is 4.98 Å². The van der Waals surface area contributed by atoms with Gasteiger partial charge < -0.3 is 18.9 Å². The Morgan fingerprint density at radius 1 is 1.00 bits per heavy atom. The quantitative estimate of drug-likeness (QED) is 0.143. The van der Waals surface area contributed by atoms with Crippen LogP contribution in [-0.2, 0) is 20.8 Å². The lowest BCUT2D eigenvalue weighted by Crippen LogP contribution is -2.35. The summed E-state index contributed by atoms with van der Waals surface area (Å²) < 4.78 is 21.6. The SMILES string of the molecule is COCOc1ccc([C@@H](CC(=O)OC(C)(C)C)N(Cc2ccccc2)[C@@H](C)c2ccc(OC)cc2)nc1Cl. The second kappa shape index (κ2) is 13.6. The molecule has 0 aliphatic heterocycles. The fourth-order valence-corrected chi connectivity index (χ4v) is 4.38. The van der Waals surface area contributed by atoms with E-state index in [0.717, 1.165) is 16.9 Å². The highest BCUT2D eigenvalue weighted by Gasteiger charge is 2.32. The lowest BCUT2D eigenvalue weighted by Gasteiger charge is -2.37. The van der Waals surface area contributed by atoms with E-state index in [4.69, 9.17) is 30.5 Å². The number of halogens is 1. The monoisotopic (exact) mass is 540 g/mol. The number of rotatable bonds is 12. The molecule has 2 aromatic carbocycles. The fourth-order valence-electron chi connectivity index (χ4n) is 4.17. The van der Waals surface area contributed by atoms with E-state index in [2.05, 4.69) is 28.9 Å². The second-order valence-electron chi connectivity index (χ2n) is 9.99. The average molecular weight is 541 g/mol. The summed E-state index contributed by atoms with van der Waals surface area (Å²) in [5.41, 5.74) is 2.20. The zero-order valence-electron chi connectivity index (χ0n) is 22.9. The maximum absolute atomic E-state index is 13.2. The van der Waals surface area contributed by atoms with E-state index in [1.807, 2.05) is 69.3 Å². The minimum Gasteiger partial charge on any atom is -0.497 e. The Balaban J connectivity index is 2.06. The minimum absolute atomic E-state index is 0.0523. The Morgan fingerprint density at radius 3 is 2.26 bits per heavy atom. The van der Waals surface area contributed by atoms with Crippen LogP contribution in [-0.4, -0.2) is 42.5 Å². The van der Waals surface area contributed by atoms with Gasteiger partial charge in [-0.15, -0.1) is 0 Å². The van der Waals surface area contributed by atoms with Gasteiger partial charge in [-0.1, -0.05) is 54.1 Å². The molecule has 3 aromatic rings. The van der Waals surface area contributed by atoms with E-state index < -0.39 is 11.6 Å². The summed E-state index contributed by atoms with van der Waals surface area (Å²) >= 11 is 6.51. The van der Waals surface area contributed by atoms with E-state index in [-0.39, 0.29) is 30.4 Å². The van der Waals surface area contributed by atoms with Crippen LogP contribution in [0.15, 0.2) is 66.7 Å². The molecule has 0 amide bonds. The summed E-state index contributed by atoms with van der Waals surface area (Å²) in [6, 6.07) is 21.2. The summed E-state index contributed by atoms with van der Waals surface area (Å²) in [7, 11) is 3.18. The number of hydrogen-bond acceptors (Lipinski definition) is 7. The van der Waals surface area contributed by atoms with Crippen LogP contribution in [0, 0.1) is 0 Å². The third kappa shape index (κ3) is 8.45. The minimum atomic E-state index is -0.615. The molecule has 0 bridgehead atoms. The number of aromatic nitrogens is 1. The first-order chi connectivity index (χ1) is 18.1. The number of esters is 1. The first-order valence-corrected chi connectivity index (χ1v) is 12.9. The molecule has 0 saturated carbocycles. The average Bonchev–Trinajstić information content (AvgIpc) is 2.89. The molecule has 3 rings (SSSR count). The van der Waals surface area contributed by atoms with Crippen molar-refractivity contribution in [1.82, 2.24) is 9.88 Å². The number of carbonyl (C=O) groups is 1. The van der Waals surface area contributed by atoms with E-state index >= 15 is 0 Å². The summed E-state index contributed by atoms with van der Waals surface area (Å²) in [5, 5.41) is 0.200. The fraction of sp³-hybridized carbons (Fsp3) is 0.400. The third-order valence-electron chi connectivity index (χ3n) is 5.99. The molecule has 0 unspecified atom stereocenters. The first-order valence-electron chi connectivity index (χ1n) is 12.5. The molecule has 204 valence electrons. The van der Waals surface area contributed by atoms with E-state index in [1.54, 1.807) is 13.2 Å². The van der Waals surface area contributed by atoms with Crippen molar-refractivity contribution >= 4 is 17.6 Å². The van der Waals surface area contributed by atoms with Gasteiger partial charge >= 0.3 is 5.97 Å². The van der Waals surface area contributed by atoms with Crippen LogP contribution in [0.2, 0.25) is 5.15 Å². The van der Waals surface area contributed by atoms with E-state index in [1.165, 1.54) is 7.11 Å². The Labute approximate surface area is 230 Å². The van der Waals surface area contributed by atoms with Crippen molar-refractivity contribution < 1.29 is 23.7 Å². The first kappa shape index (κ1) is 29.4. The van der Waals surface area contributed by atoms with Gasteiger partial charge in [0.1, 0.15) is 11.4 Å². The lowest BCUT2D eigenvalue weighted by atomic mass is 9.99. The number of nitrogens with zero attached hydrogens (tertiary/aromatic N) is 2. The molecule has 0 N–H and O–H groups in total. The number of hydrogen-bond donors (Lipinski definition) is 0. The molecule has 0 aliphatic carbocycles. The zero-order valence-corrected chi connectivity index (χ0v) is 23.7. The number of benzene rings is 2. The van der Waals surface area contributed by atoms with Crippen LogP contribution in [0.3, 0.4) is 0 Å². The van der Waals surface area contributed by atoms with E-state index in [9.17, 15) is 4.79 Å². The van der Waals surface area contributed by atoms with Crippen molar-refractivity contribution in [2.45, 2.75) is 58.3 Å². The predicted octanol–water partition coefficient (Wildman–Crippen LogP) is 6.76. The van der Waals surface area contributed by atoms with Gasteiger partial charge in [-0.2, -0.15) is 0 Å². The molecule has 0 saturated heterocycles. The molecular weight excluding hydrogens is 504 g/mol. The summed E-state index contributed by atoms with van der Waals surface area (Å²) in [6.07, 6.45) is 0.0895. The number of carbonyl (C=O) groups excluding carboxylic acids is 1. The van der Waals surface area contributed by atoms with Crippen LogP contribution in [0.5, 0.6) is 11.5 Å². The highest BCUT2D eigenvalue weighted by molar-refractivity contribution is 6.30. The van der Waals surface area contributed by atoms with Gasteiger partial charge in [0, 0.05) is 19.7 Å². The molecule has 1 aromatic heterocycles. The third-order valence-corrected chi connectivity index (χ3v) is 6.26. The zero-order chi connectivity index (χ0) is 27.7. The van der Waals surface area contributed by atoms with Crippen LogP contribution < -0.4 is 9.47 Å². The van der Waals surface area contributed by atoms with Crippen molar-refractivity contribution in [1.29, 1.82) is 0 Å². The van der Waals surface area contributed by atoms with Crippen LogP contribution in [0.25, 0.3) is 0 Å². The van der Waals surface area contributed by atoms with Crippen molar-refractivity contribution in [3.63, 3.8) is 0 Å². The van der Waals surface area contributed by atoms with Gasteiger partial charge in [0.05, 0.1) is 25.3 Å². The molecule has 2 atom stereocenters. The molecule has 8 heteroatoms. The molecule has 0 aliphatic rings. The van der Waals surface area contributed by atoms with Crippen molar-refractivity contribution in [2.75, 3.05) is 21.0 Å². The molecule has 0 spiro atoms. The molecule has 1 heterocycles. The van der Waals surface area contributed by atoms with Crippen molar-refractivity contribution in [3.8, 4) is 11.5 Å². The van der Waals surface area contributed by atoms with Gasteiger partial charge in [0.2, 0.25) is 0 Å². The van der Waals surface area contributed by atoms with Gasteiger partial charge in [-0.05, 0) is 63.1 Å². The predicted molar refractivity (Wildman–Crippen MR) is 148 cm³/mol.